The number of anilines is 1. The summed E-state index contributed by atoms with van der Waals surface area (Å²) in [4.78, 5) is 12.3. The Morgan fingerprint density at radius 1 is 1.11 bits per heavy atom. The third kappa shape index (κ3) is 5.32. The number of alkyl halides is 3. The van der Waals surface area contributed by atoms with Crippen molar-refractivity contribution in [1.82, 2.24) is 9.78 Å². The Labute approximate surface area is 157 Å². The summed E-state index contributed by atoms with van der Waals surface area (Å²) in [7, 11) is 0. The summed E-state index contributed by atoms with van der Waals surface area (Å²) in [5.41, 5.74) is 0.557. The molecule has 0 unspecified atom stereocenters. The van der Waals surface area contributed by atoms with E-state index in [1.54, 1.807) is 24.4 Å². The molecule has 0 spiro atoms. The number of nitrogens with one attached hydrogen (secondary N) is 1. The van der Waals surface area contributed by atoms with Crippen molar-refractivity contribution in [2.24, 2.45) is 0 Å². The van der Waals surface area contributed by atoms with Gasteiger partial charge in [0.25, 0.3) is 5.91 Å². The fourth-order valence-electron chi connectivity index (χ4n) is 2.40. The Kier molecular flexibility index (Phi) is 5.62. The quantitative estimate of drug-likeness (QED) is 0.637. The number of hydrogen-bond acceptors (Lipinski definition) is 3. The summed E-state index contributed by atoms with van der Waals surface area (Å²) in [5, 5.41) is 6.68. The zero-order valence-corrected chi connectivity index (χ0v) is 14.4. The highest BCUT2D eigenvalue weighted by atomic mass is 19.4. The van der Waals surface area contributed by atoms with Crippen LogP contribution in [0.1, 0.15) is 15.9 Å². The van der Waals surface area contributed by atoms with Gasteiger partial charge in [-0.2, -0.15) is 18.3 Å². The molecule has 3 aromatic rings. The third-order valence-corrected chi connectivity index (χ3v) is 3.67. The second kappa shape index (κ2) is 8.12. The molecule has 1 N–H and O–H groups in total. The van der Waals surface area contributed by atoms with Crippen LogP contribution in [0, 0.1) is 5.82 Å². The van der Waals surface area contributed by atoms with Crippen molar-refractivity contribution in [2.45, 2.75) is 12.7 Å². The summed E-state index contributed by atoms with van der Waals surface area (Å²) >= 11 is 0. The lowest BCUT2D eigenvalue weighted by Gasteiger charge is -2.10. The van der Waals surface area contributed by atoms with E-state index in [0.717, 1.165) is 0 Å². The van der Waals surface area contributed by atoms with Gasteiger partial charge in [0, 0.05) is 23.4 Å². The largest absolute Gasteiger partial charge is 0.484 e. The smallest absolute Gasteiger partial charge is 0.422 e. The van der Waals surface area contributed by atoms with Crippen LogP contribution in [-0.2, 0) is 6.54 Å². The van der Waals surface area contributed by atoms with Crippen molar-refractivity contribution in [3.63, 3.8) is 0 Å². The summed E-state index contributed by atoms with van der Waals surface area (Å²) in [6.07, 6.45) is -2.89. The van der Waals surface area contributed by atoms with Gasteiger partial charge in [-0.05, 0) is 24.3 Å². The molecule has 0 fully saturated rings. The highest BCUT2D eigenvalue weighted by Crippen LogP contribution is 2.20. The van der Waals surface area contributed by atoms with Crippen molar-refractivity contribution in [3.8, 4) is 5.75 Å². The van der Waals surface area contributed by atoms with E-state index in [0.29, 0.717) is 5.56 Å². The topological polar surface area (TPSA) is 56.2 Å². The number of carbonyl (C=O) groups excluding carboxylic acids is 1. The molecule has 0 saturated heterocycles. The minimum atomic E-state index is -4.47. The van der Waals surface area contributed by atoms with Crippen molar-refractivity contribution < 1.29 is 27.1 Å². The van der Waals surface area contributed by atoms with E-state index in [-0.39, 0.29) is 29.5 Å². The lowest BCUT2D eigenvalue weighted by molar-refractivity contribution is -0.153. The van der Waals surface area contributed by atoms with Gasteiger partial charge in [0.1, 0.15) is 11.6 Å². The molecule has 1 aromatic heterocycles. The molecule has 0 aliphatic heterocycles. The highest BCUT2D eigenvalue weighted by molar-refractivity contribution is 6.03. The van der Waals surface area contributed by atoms with Gasteiger partial charge in [0.15, 0.2) is 12.4 Å². The van der Waals surface area contributed by atoms with E-state index in [9.17, 15) is 22.4 Å². The molecule has 1 amide bonds. The monoisotopic (exact) mass is 393 g/mol. The molecule has 0 bridgehead atoms. The van der Waals surface area contributed by atoms with Gasteiger partial charge in [0.05, 0.1) is 6.54 Å². The second-order valence-electron chi connectivity index (χ2n) is 5.88. The van der Waals surface area contributed by atoms with Crippen molar-refractivity contribution >= 4 is 11.7 Å². The first kappa shape index (κ1) is 19.4. The number of hydrogen-bond donors (Lipinski definition) is 1. The van der Waals surface area contributed by atoms with Crippen molar-refractivity contribution in [1.29, 1.82) is 0 Å². The maximum Gasteiger partial charge on any atom is 0.422 e. The van der Waals surface area contributed by atoms with Crippen molar-refractivity contribution in [3.05, 3.63) is 77.7 Å². The molecule has 0 saturated carbocycles. The molecule has 0 radical (unpaired) electrons. The number of carbonyl (C=O) groups is 1. The summed E-state index contributed by atoms with van der Waals surface area (Å²) in [6, 6.07) is 13.2. The number of benzene rings is 2. The fraction of sp³-hybridized carbons (Fsp3) is 0.158. The molecule has 0 aliphatic rings. The molecule has 28 heavy (non-hydrogen) atoms. The second-order valence-corrected chi connectivity index (χ2v) is 5.88. The number of ether oxygens (including phenoxy) is 1. The minimum Gasteiger partial charge on any atom is -0.484 e. The minimum absolute atomic E-state index is 0.0740. The number of nitrogens with zero attached hydrogens (tertiary/aromatic N) is 2. The third-order valence-electron chi connectivity index (χ3n) is 3.67. The first-order chi connectivity index (χ1) is 13.3. The Morgan fingerprint density at radius 3 is 2.64 bits per heavy atom. The fourth-order valence-corrected chi connectivity index (χ4v) is 2.40. The van der Waals surface area contributed by atoms with Gasteiger partial charge < -0.3 is 10.1 Å². The van der Waals surface area contributed by atoms with Gasteiger partial charge in [-0.25, -0.2) is 4.39 Å². The summed E-state index contributed by atoms with van der Waals surface area (Å²) in [5.74, 6) is -0.772. The molecule has 0 atom stereocenters. The predicted octanol–water partition coefficient (Wildman–Crippen LogP) is 4.26. The average molecular weight is 393 g/mol. The van der Waals surface area contributed by atoms with E-state index >= 15 is 0 Å². The van der Waals surface area contributed by atoms with E-state index in [2.05, 4.69) is 15.2 Å². The van der Waals surface area contributed by atoms with Crippen LogP contribution in [0.3, 0.4) is 0 Å². The molecule has 9 heteroatoms. The Hall–Kier alpha value is -3.36. The van der Waals surface area contributed by atoms with E-state index in [1.807, 2.05) is 0 Å². The maximum absolute atomic E-state index is 13.7. The first-order valence-corrected chi connectivity index (χ1v) is 8.18. The standard InChI is InChI=1S/C19H15F4N3O2/c20-16-7-2-1-4-14(16)11-26-9-8-17(25-26)24-18(27)13-5-3-6-15(10-13)28-12-19(21,22)23/h1-10H,11-12H2,(H,24,25,27). The Balaban J connectivity index is 1.64. The highest BCUT2D eigenvalue weighted by Gasteiger charge is 2.28. The molecule has 146 valence electrons. The number of halogens is 4. The van der Waals surface area contributed by atoms with Crippen LogP contribution >= 0.6 is 0 Å². The van der Waals surface area contributed by atoms with E-state index < -0.39 is 18.7 Å². The van der Waals surface area contributed by atoms with Crippen LogP contribution < -0.4 is 10.1 Å². The van der Waals surface area contributed by atoms with Gasteiger partial charge in [0.2, 0.25) is 0 Å². The zero-order chi connectivity index (χ0) is 20.1. The van der Waals surface area contributed by atoms with Gasteiger partial charge >= 0.3 is 6.18 Å². The molecule has 2 aromatic carbocycles. The molecule has 5 nitrogen and oxygen atoms in total. The lowest BCUT2D eigenvalue weighted by Crippen LogP contribution is -2.19. The number of aromatic nitrogens is 2. The van der Waals surface area contributed by atoms with Gasteiger partial charge in [-0.1, -0.05) is 24.3 Å². The maximum atomic E-state index is 13.7. The van der Waals surface area contributed by atoms with Gasteiger partial charge in [-0.3, -0.25) is 9.48 Å². The van der Waals surface area contributed by atoms with Crippen LogP contribution in [0.15, 0.2) is 60.8 Å². The van der Waals surface area contributed by atoms with Crippen LogP contribution in [0.5, 0.6) is 5.75 Å². The Bertz CT molecular complexity index is 970. The zero-order valence-electron chi connectivity index (χ0n) is 14.4. The normalized spacial score (nSPS) is 11.3. The molecule has 3 rings (SSSR count). The number of amides is 1. The Morgan fingerprint density at radius 2 is 1.89 bits per heavy atom. The molecule has 1 heterocycles. The van der Waals surface area contributed by atoms with Crippen molar-refractivity contribution in [2.75, 3.05) is 11.9 Å². The summed E-state index contributed by atoms with van der Waals surface area (Å²) < 4.78 is 56.5. The average Bonchev–Trinajstić information content (AvgIpc) is 3.08. The number of rotatable bonds is 6. The first-order valence-electron chi connectivity index (χ1n) is 8.18. The predicted molar refractivity (Wildman–Crippen MR) is 93.7 cm³/mol. The van der Waals surface area contributed by atoms with E-state index in [1.165, 1.54) is 41.1 Å². The van der Waals surface area contributed by atoms with Crippen LogP contribution in [0.2, 0.25) is 0 Å². The summed E-state index contributed by atoms with van der Waals surface area (Å²) in [6.45, 7) is -1.26. The SMILES string of the molecule is O=C(Nc1ccn(Cc2ccccc2F)n1)c1cccc(OCC(F)(F)F)c1. The van der Waals surface area contributed by atoms with Crippen LogP contribution in [0.4, 0.5) is 23.4 Å². The molecular formula is C19H15F4N3O2. The molecular weight excluding hydrogens is 378 g/mol. The lowest BCUT2D eigenvalue weighted by atomic mass is 10.2. The van der Waals surface area contributed by atoms with Crippen LogP contribution in [-0.4, -0.2) is 28.5 Å². The van der Waals surface area contributed by atoms with Crippen LogP contribution in [0.25, 0.3) is 0 Å². The van der Waals surface area contributed by atoms with Gasteiger partial charge in [-0.15, -0.1) is 0 Å². The molecule has 0 aliphatic carbocycles. The van der Waals surface area contributed by atoms with E-state index in [4.69, 9.17) is 0 Å².